The molecule has 1 rings (SSSR count). The predicted molar refractivity (Wildman–Crippen MR) is 81.4 cm³/mol. The van der Waals surface area contributed by atoms with Gasteiger partial charge in [-0.3, -0.25) is 4.79 Å². The standard InChI is InChI=1S/C16H22FNO5/c1-4-22-9-10-23-11(2)14(19)18-16(3,15(20)21)12-5-7-13(17)8-6-12/h5-8,11H,4,9-10H2,1-3H3,(H,18,19)(H,20,21). The molecule has 23 heavy (non-hydrogen) atoms. The minimum absolute atomic E-state index is 0.225. The summed E-state index contributed by atoms with van der Waals surface area (Å²) in [5.41, 5.74) is -1.41. The van der Waals surface area contributed by atoms with E-state index in [9.17, 15) is 19.1 Å². The second-order valence-electron chi connectivity index (χ2n) is 5.14. The largest absolute Gasteiger partial charge is 0.479 e. The topological polar surface area (TPSA) is 84.9 Å². The third-order valence-electron chi connectivity index (χ3n) is 3.39. The number of rotatable bonds is 9. The molecular weight excluding hydrogens is 305 g/mol. The van der Waals surface area contributed by atoms with E-state index in [1.54, 1.807) is 0 Å². The lowest BCUT2D eigenvalue weighted by atomic mass is 9.91. The van der Waals surface area contributed by atoms with Crippen LogP contribution in [0.15, 0.2) is 24.3 Å². The highest BCUT2D eigenvalue weighted by Crippen LogP contribution is 2.22. The van der Waals surface area contributed by atoms with Crippen molar-refractivity contribution in [2.24, 2.45) is 0 Å². The number of hydrogen-bond donors (Lipinski definition) is 2. The Hall–Kier alpha value is -1.99. The number of halogens is 1. The maximum atomic E-state index is 13.0. The number of carboxylic acids is 1. The van der Waals surface area contributed by atoms with Crippen molar-refractivity contribution in [1.29, 1.82) is 0 Å². The van der Waals surface area contributed by atoms with Gasteiger partial charge in [-0.05, 0) is 38.5 Å². The number of ether oxygens (including phenoxy) is 2. The lowest BCUT2D eigenvalue weighted by Gasteiger charge is -2.28. The molecule has 0 saturated carbocycles. The molecule has 2 N–H and O–H groups in total. The first-order valence-electron chi connectivity index (χ1n) is 7.32. The molecule has 1 aromatic rings. The maximum absolute atomic E-state index is 13.0. The fourth-order valence-corrected chi connectivity index (χ4v) is 1.88. The van der Waals surface area contributed by atoms with Crippen molar-refractivity contribution in [1.82, 2.24) is 5.32 Å². The van der Waals surface area contributed by atoms with Crippen LogP contribution in [0.3, 0.4) is 0 Å². The SMILES string of the molecule is CCOCCOC(C)C(=O)NC(C)(C(=O)O)c1ccc(F)cc1. The van der Waals surface area contributed by atoms with Crippen molar-refractivity contribution in [3.8, 4) is 0 Å². The first kappa shape index (κ1) is 19.1. The molecule has 1 amide bonds. The molecule has 0 aromatic heterocycles. The molecule has 1 aromatic carbocycles. The van der Waals surface area contributed by atoms with Gasteiger partial charge in [-0.15, -0.1) is 0 Å². The third kappa shape index (κ3) is 5.30. The Morgan fingerprint density at radius 1 is 1.30 bits per heavy atom. The van der Waals surface area contributed by atoms with Gasteiger partial charge >= 0.3 is 5.97 Å². The van der Waals surface area contributed by atoms with Crippen LogP contribution in [0.5, 0.6) is 0 Å². The summed E-state index contributed by atoms with van der Waals surface area (Å²) in [5.74, 6) is -2.31. The van der Waals surface area contributed by atoms with Crippen molar-refractivity contribution in [3.63, 3.8) is 0 Å². The molecule has 2 unspecified atom stereocenters. The maximum Gasteiger partial charge on any atom is 0.333 e. The molecular formula is C16H22FNO5. The highest BCUT2D eigenvalue weighted by atomic mass is 19.1. The van der Waals surface area contributed by atoms with Crippen LogP contribution in [0.2, 0.25) is 0 Å². The van der Waals surface area contributed by atoms with Crippen LogP contribution in [0.4, 0.5) is 4.39 Å². The lowest BCUT2D eigenvalue weighted by Crippen LogP contribution is -2.52. The molecule has 2 atom stereocenters. The van der Waals surface area contributed by atoms with Crippen LogP contribution < -0.4 is 5.32 Å². The van der Waals surface area contributed by atoms with E-state index in [0.29, 0.717) is 13.2 Å². The van der Waals surface area contributed by atoms with Gasteiger partial charge in [0.25, 0.3) is 0 Å². The quantitative estimate of drug-likeness (QED) is 0.674. The number of aliphatic carboxylic acids is 1. The molecule has 0 spiro atoms. The Bertz CT molecular complexity index is 534. The van der Waals surface area contributed by atoms with Crippen LogP contribution in [-0.4, -0.2) is 42.9 Å². The van der Waals surface area contributed by atoms with E-state index in [2.05, 4.69) is 5.32 Å². The number of benzene rings is 1. The Kier molecular flexibility index (Phi) is 7.12. The van der Waals surface area contributed by atoms with Crippen LogP contribution in [0.25, 0.3) is 0 Å². The zero-order chi connectivity index (χ0) is 17.5. The Morgan fingerprint density at radius 3 is 2.43 bits per heavy atom. The van der Waals surface area contributed by atoms with Gasteiger partial charge in [0.2, 0.25) is 5.91 Å². The summed E-state index contributed by atoms with van der Waals surface area (Å²) >= 11 is 0. The van der Waals surface area contributed by atoms with E-state index in [1.165, 1.54) is 26.0 Å². The fourth-order valence-electron chi connectivity index (χ4n) is 1.88. The van der Waals surface area contributed by atoms with Gasteiger partial charge in [-0.25, -0.2) is 9.18 Å². The van der Waals surface area contributed by atoms with E-state index in [4.69, 9.17) is 9.47 Å². The molecule has 0 bridgehead atoms. The average molecular weight is 327 g/mol. The minimum atomic E-state index is -1.68. The molecule has 7 heteroatoms. The highest BCUT2D eigenvalue weighted by Gasteiger charge is 2.38. The monoisotopic (exact) mass is 327 g/mol. The highest BCUT2D eigenvalue weighted by molar-refractivity contribution is 5.89. The van der Waals surface area contributed by atoms with Crippen LogP contribution >= 0.6 is 0 Å². The summed E-state index contributed by atoms with van der Waals surface area (Å²) in [5, 5.41) is 11.9. The zero-order valence-electron chi connectivity index (χ0n) is 13.5. The summed E-state index contributed by atoms with van der Waals surface area (Å²) in [6.45, 7) is 5.83. The molecule has 0 fully saturated rings. The molecule has 6 nitrogen and oxygen atoms in total. The third-order valence-corrected chi connectivity index (χ3v) is 3.39. The summed E-state index contributed by atoms with van der Waals surface area (Å²) in [4.78, 5) is 23.7. The number of nitrogens with one attached hydrogen (secondary N) is 1. The van der Waals surface area contributed by atoms with E-state index in [1.807, 2.05) is 6.92 Å². The number of carbonyl (C=O) groups is 2. The molecule has 0 heterocycles. The van der Waals surface area contributed by atoms with Gasteiger partial charge in [0.05, 0.1) is 13.2 Å². The van der Waals surface area contributed by atoms with Crippen LogP contribution in [0, 0.1) is 5.82 Å². The number of hydrogen-bond acceptors (Lipinski definition) is 4. The van der Waals surface area contributed by atoms with E-state index >= 15 is 0 Å². The van der Waals surface area contributed by atoms with E-state index in [0.717, 1.165) is 12.1 Å². The number of carbonyl (C=O) groups excluding carboxylic acids is 1. The predicted octanol–water partition coefficient (Wildman–Crippen LogP) is 1.68. The van der Waals surface area contributed by atoms with Gasteiger partial charge < -0.3 is 19.9 Å². The molecule has 0 aliphatic heterocycles. The van der Waals surface area contributed by atoms with Crippen molar-refractivity contribution >= 4 is 11.9 Å². The van der Waals surface area contributed by atoms with Crippen LogP contribution in [-0.2, 0) is 24.6 Å². The van der Waals surface area contributed by atoms with Crippen LogP contribution in [0.1, 0.15) is 26.3 Å². The van der Waals surface area contributed by atoms with Crippen molar-refractivity contribution in [3.05, 3.63) is 35.6 Å². The smallest absolute Gasteiger partial charge is 0.333 e. The molecule has 0 radical (unpaired) electrons. The summed E-state index contributed by atoms with van der Waals surface area (Å²) < 4.78 is 23.4. The summed E-state index contributed by atoms with van der Waals surface area (Å²) in [7, 11) is 0. The first-order chi connectivity index (χ1) is 10.8. The molecule has 0 aliphatic rings. The minimum Gasteiger partial charge on any atom is -0.479 e. The van der Waals surface area contributed by atoms with E-state index < -0.39 is 29.3 Å². The van der Waals surface area contributed by atoms with Crippen molar-refractivity contribution in [2.45, 2.75) is 32.4 Å². The van der Waals surface area contributed by atoms with Crippen molar-refractivity contribution < 1.29 is 28.6 Å². The lowest BCUT2D eigenvalue weighted by molar-refractivity contribution is -0.149. The summed E-state index contributed by atoms with van der Waals surface area (Å²) in [6.07, 6.45) is -0.838. The summed E-state index contributed by atoms with van der Waals surface area (Å²) in [6, 6.07) is 4.93. The van der Waals surface area contributed by atoms with Gasteiger partial charge in [-0.2, -0.15) is 0 Å². The molecule has 0 saturated heterocycles. The fraction of sp³-hybridized carbons (Fsp3) is 0.500. The van der Waals surface area contributed by atoms with Gasteiger partial charge in [-0.1, -0.05) is 12.1 Å². The van der Waals surface area contributed by atoms with E-state index in [-0.39, 0.29) is 12.2 Å². The number of carboxylic acid groups (broad SMARTS) is 1. The van der Waals surface area contributed by atoms with Gasteiger partial charge in [0.1, 0.15) is 11.9 Å². The molecule has 0 aliphatic carbocycles. The molecule has 128 valence electrons. The second-order valence-corrected chi connectivity index (χ2v) is 5.14. The Morgan fingerprint density at radius 2 is 1.91 bits per heavy atom. The Balaban J connectivity index is 2.77. The second kappa shape index (κ2) is 8.59. The van der Waals surface area contributed by atoms with Crippen molar-refractivity contribution in [2.75, 3.05) is 19.8 Å². The normalized spacial score (nSPS) is 14.8. The number of amides is 1. The van der Waals surface area contributed by atoms with Gasteiger partial charge in [0, 0.05) is 6.61 Å². The Labute approximate surface area is 134 Å². The first-order valence-corrected chi connectivity index (χ1v) is 7.32. The zero-order valence-corrected chi connectivity index (χ0v) is 13.5. The average Bonchev–Trinajstić information content (AvgIpc) is 2.51. The van der Waals surface area contributed by atoms with Gasteiger partial charge in [0.15, 0.2) is 5.54 Å².